The zero-order valence-electron chi connectivity index (χ0n) is 22.5. The smallest absolute Gasteiger partial charge is 0.231 e. The number of benzene rings is 1. The number of aromatic nitrogens is 6. The summed E-state index contributed by atoms with van der Waals surface area (Å²) in [4.78, 5) is 12.7. The van der Waals surface area contributed by atoms with Crippen LogP contribution in [0.5, 0.6) is 17.4 Å². The predicted octanol–water partition coefficient (Wildman–Crippen LogP) is 3.14. The molecule has 0 N–H and O–H groups in total. The summed E-state index contributed by atoms with van der Waals surface area (Å²) in [6, 6.07) is 7.16. The zero-order valence-corrected chi connectivity index (χ0v) is 23.3. The molecular weight excluding hydrogens is 524 g/mol. The molecule has 39 heavy (non-hydrogen) atoms. The molecule has 0 unspecified atom stereocenters. The standard InChI is InChI=1S/C26H30N6O6S/c1-16-10-18(12-27-11-16)26-31-30-22(32(26)24-20(35-3)8-7-9-21(24)36-4)15-39(33,34)17(2)25(38-6)19-13-29-23(37-5)14-28-19/h7-14,17,25H,15H2,1-6H3/t17-,25-/m0/s1. The molecule has 206 valence electrons. The molecule has 4 aromatic rings. The molecule has 4 rings (SSSR count). The van der Waals surface area contributed by atoms with Gasteiger partial charge in [0, 0.05) is 25.1 Å². The number of hydrogen-bond acceptors (Lipinski definition) is 11. The number of aryl methyl sites for hydroxylation is 1. The van der Waals surface area contributed by atoms with Crippen molar-refractivity contribution in [2.45, 2.75) is 31.0 Å². The number of hydrogen-bond donors (Lipinski definition) is 0. The van der Waals surface area contributed by atoms with Crippen molar-refractivity contribution >= 4 is 9.84 Å². The van der Waals surface area contributed by atoms with Crippen molar-refractivity contribution < 1.29 is 27.4 Å². The third kappa shape index (κ3) is 5.68. The first-order valence-corrected chi connectivity index (χ1v) is 13.6. The fourth-order valence-electron chi connectivity index (χ4n) is 4.19. The van der Waals surface area contributed by atoms with Crippen LogP contribution >= 0.6 is 0 Å². The molecule has 0 saturated carbocycles. The summed E-state index contributed by atoms with van der Waals surface area (Å²) < 4.78 is 51.1. The van der Waals surface area contributed by atoms with Crippen molar-refractivity contribution in [2.24, 2.45) is 0 Å². The quantitative estimate of drug-likeness (QED) is 0.270. The Hall–Kier alpha value is -4.10. The maximum atomic E-state index is 13.8. The summed E-state index contributed by atoms with van der Waals surface area (Å²) in [6.07, 6.45) is 5.32. The summed E-state index contributed by atoms with van der Waals surface area (Å²) in [5, 5.41) is 7.68. The van der Waals surface area contributed by atoms with Gasteiger partial charge in [-0.25, -0.2) is 13.4 Å². The zero-order chi connectivity index (χ0) is 28.2. The van der Waals surface area contributed by atoms with Gasteiger partial charge in [-0.15, -0.1) is 10.2 Å². The number of rotatable bonds is 11. The second kappa shape index (κ2) is 11.7. The maximum Gasteiger partial charge on any atom is 0.231 e. The summed E-state index contributed by atoms with van der Waals surface area (Å²) in [5.41, 5.74) is 2.37. The van der Waals surface area contributed by atoms with E-state index < -0.39 is 26.9 Å². The predicted molar refractivity (Wildman–Crippen MR) is 143 cm³/mol. The Morgan fingerprint density at radius 1 is 0.923 bits per heavy atom. The molecule has 1 aromatic carbocycles. The molecule has 3 heterocycles. The van der Waals surface area contributed by atoms with Crippen molar-refractivity contribution in [3.63, 3.8) is 0 Å². The van der Waals surface area contributed by atoms with Crippen LogP contribution in [0, 0.1) is 6.92 Å². The van der Waals surface area contributed by atoms with E-state index in [1.807, 2.05) is 13.0 Å². The van der Waals surface area contributed by atoms with Gasteiger partial charge in [-0.05, 0) is 37.6 Å². The highest BCUT2D eigenvalue weighted by atomic mass is 32.2. The highest BCUT2D eigenvalue weighted by Crippen LogP contribution is 2.37. The first kappa shape index (κ1) is 27.9. The number of para-hydroxylation sites is 1. The molecule has 13 heteroatoms. The van der Waals surface area contributed by atoms with Gasteiger partial charge in [0.05, 0.1) is 44.7 Å². The SMILES string of the molecule is COc1cnc([C@@H](OC)[C@H](C)S(=O)(=O)Cc2nnc(-c3cncc(C)c3)n2-c2c(OC)cccc2OC)cn1. The minimum absolute atomic E-state index is 0.164. The molecule has 0 aliphatic rings. The third-order valence-electron chi connectivity index (χ3n) is 6.21. The van der Waals surface area contributed by atoms with Crippen molar-refractivity contribution in [1.82, 2.24) is 29.7 Å². The molecule has 0 aliphatic carbocycles. The van der Waals surface area contributed by atoms with Gasteiger partial charge >= 0.3 is 0 Å². The highest BCUT2D eigenvalue weighted by molar-refractivity contribution is 7.91. The van der Waals surface area contributed by atoms with Gasteiger partial charge in [0.2, 0.25) is 5.88 Å². The van der Waals surface area contributed by atoms with Gasteiger partial charge < -0.3 is 18.9 Å². The van der Waals surface area contributed by atoms with Crippen LogP contribution in [0.25, 0.3) is 17.1 Å². The van der Waals surface area contributed by atoms with Crippen LogP contribution < -0.4 is 14.2 Å². The third-order valence-corrected chi connectivity index (χ3v) is 8.26. The van der Waals surface area contributed by atoms with E-state index in [-0.39, 0.29) is 5.82 Å². The van der Waals surface area contributed by atoms with Crippen molar-refractivity contribution in [1.29, 1.82) is 0 Å². The van der Waals surface area contributed by atoms with Crippen molar-refractivity contribution in [3.8, 4) is 34.5 Å². The summed E-state index contributed by atoms with van der Waals surface area (Å²) in [6.45, 7) is 3.46. The highest BCUT2D eigenvalue weighted by Gasteiger charge is 2.35. The van der Waals surface area contributed by atoms with Gasteiger partial charge in [-0.3, -0.25) is 14.5 Å². The molecule has 0 saturated heterocycles. The molecule has 2 atom stereocenters. The Morgan fingerprint density at radius 2 is 1.64 bits per heavy atom. The molecule has 0 bridgehead atoms. The van der Waals surface area contributed by atoms with Crippen molar-refractivity contribution in [3.05, 3.63) is 66.1 Å². The summed E-state index contributed by atoms with van der Waals surface area (Å²) >= 11 is 0. The lowest BCUT2D eigenvalue weighted by Gasteiger charge is -2.22. The van der Waals surface area contributed by atoms with Crippen molar-refractivity contribution in [2.75, 3.05) is 28.4 Å². The number of methoxy groups -OCH3 is 4. The number of pyridine rings is 1. The van der Waals surface area contributed by atoms with Crippen LogP contribution in [0.1, 0.15) is 30.1 Å². The summed E-state index contributed by atoms with van der Waals surface area (Å²) in [7, 11) is 2.06. The van der Waals surface area contributed by atoms with E-state index >= 15 is 0 Å². The Morgan fingerprint density at radius 3 is 2.21 bits per heavy atom. The lowest BCUT2D eigenvalue weighted by Crippen LogP contribution is -2.29. The van der Waals surface area contributed by atoms with Gasteiger partial charge in [0.25, 0.3) is 0 Å². The van der Waals surface area contributed by atoms with E-state index in [4.69, 9.17) is 18.9 Å². The van der Waals surface area contributed by atoms with Crippen LogP contribution in [-0.4, -0.2) is 71.8 Å². The Bertz CT molecular complexity index is 1520. The van der Waals surface area contributed by atoms with E-state index in [0.29, 0.717) is 40.1 Å². The van der Waals surface area contributed by atoms with Crippen LogP contribution in [0.2, 0.25) is 0 Å². The Balaban J connectivity index is 1.82. The van der Waals surface area contributed by atoms with Crippen LogP contribution in [-0.2, 0) is 20.3 Å². The fourth-order valence-corrected chi connectivity index (χ4v) is 5.63. The second-order valence-electron chi connectivity index (χ2n) is 8.69. The first-order chi connectivity index (χ1) is 18.7. The molecule has 0 amide bonds. The molecular formula is C26H30N6O6S. The molecule has 0 radical (unpaired) electrons. The van der Waals surface area contributed by atoms with E-state index in [1.165, 1.54) is 40.8 Å². The van der Waals surface area contributed by atoms with Crippen LogP contribution in [0.3, 0.4) is 0 Å². The number of nitrogens with zero attached hydrogens (tertiary/aromatic N) is 6. The average molecular weight is 555 g/mol. The maximum absolute atomic E-state index is 13.8. The Kier molecular flexibility index (Phi) is 8.41. The largest absolute Gasteiger partial charge is 0.494 e. The van der Waals surface area contributed by atoms with E-state index in [0.717, 1.165) is 5.56 Å². The fraction of sp³-hybridized carbons (Fsp3) is 0.346. The minimum Gasteiger partial charge on any atom is -0.494 e. The summed E-state index contributed by atoms with van der Waals surface area (Å²) in [5.74, 6) is 1.30. The van der Waals surface area contributed by atoms with Crippen LogP contribution in [0.15, 0.2) is 49.1 Å². The normalized spacial score (nSPS) is 13.1. The number of ether oxygens (including phenoxy) is 4. The van der Waals surface area contributed by atoms with Gasteiger partial charge in [0.1, 0.15) is 29.0 Å². The Labute approximate surface area is 226 Å². The van der Waals surface area contributed by atoms with Gasteiger partial charge in [0.15, 0.2) is 21.5 Å². The monoisotopic (exact) mass is 554 g/mol. The lowest BCUT2D eigenvalue weighted by molar-refractivity contribution is 0.0982. The second-order valence-corrected chi connectivity index (χ2v) is 11.0. The molecule has 0 aliphatic heterocycles. The van der Waals surface area contributed by atoms with E-state index in [9.17, 15) is 8.42 Å². The van der Waals surface area contributed by atoms with Crippen LogP contribution in [0.4, 0.5) is 0 Å². The molecule has 0 spiro atoms. The van der Waals surface area contributed by atoms with Gasteiger partial charge in [-0.1, -0.05) is 6.07 Å². The van der Waals surface area contributed by atoms with Gasteiger partial charge in [-0.2, -0.15) is 0 Å². The van der Waals surface area contributed by atoms with E-state index in [2.05, 4.69) is 25.1 Å². The molecule has 12 nitrogen and oxygen atoms in total. The minimum atomic E-state index is -3.88. The topological polar surface area (TPSA) is 140 Å². The van der Waals surface area contributed by atoms with E-state index in [1.54, 1.807) is 42.1 Å². The molecule has 0 fully saturated rings. The number of sulfone groups is 1. The average Bonchev–Trinajstić information content (AvgIpc) is 3.35. The lowest BCUT2D eigenvalue weighted by atomic mass is 10.2. The first-order valence-electron chi connectivity index (χ1n) is 11.9. The molecule has 3 aromatic heterocycles.